The minimum absolute atomic E-state index is 0.0845. The standard InChI is InChI=1S/C18H11ClFNO3S/c19-12-5-3-4-11(8-12)17-21-15(10-25-17)18(23)24-9-16(22)13-6-1-2-7-14(13)20/h1-8,10H,9H2. The summed E-state index contributed by atoms with van der Waals surface area (Å²) in [6, 6.07) is 12.6. The van der Waals surface area contributed by atoms with E-state index in [-0.39, 0.29) is 11.3 Å². The first kappa shape index (κ1) is 17.3. The summed E-state index contributed by atoms with van der Waals surface area (Å²) >= 11 is 7.19. The van der Waals surface area contributed by atoms with E-state index in [0.29, 0.717) is 10.0 Å². The fourth-order valence-electron chi connectivity index (χ4n) is 2.09. The molecule has 3 rings (SSSR count). The van der Waals surface area contributed by atoms with Crippen LogP contribution in [-0.2, 0) is 4.74 Å². The Morgan fingerprint density at radius 2 is 1.96 bits per heavy atom. The quantitative estimate of drug-likeness (QED) is 0.481. The van der Waals surface area contributed by atoms with Crippen molar-refractivity contribution in [2.24, 2.45) is 0 Å². The number of thiazole rings is 1. The van der Waals surface area contributed by atoms with Gasteiger partial charge < -0.3 is 4.74 Å². The Hall–Kier alpha value is -2.57. The van der Waals surface area contributed by atoms with Gasteiger partial charge in [-0.05, 0) is 24.3 Å². The molecule has 0 radical (unpaired) electrons. The number of halogens is 2. The van der Waals surface area contributed by atoms with Crippen molar-refractivity contribution < 1.29 is 18.7 Å². The van der Waals surface area contributed by atoms with Crippen molar-refractivity contribution in [3.63, 3.8) is 0 Å². The first-order valence-corrected chi connectivity index (χ1v) is 8.46. The number of esters is 1. The predicted octanol–water partition coefficient (Wildman–Crippen LogP) is 4.64. The van der Waals surface area contributed by atoms with Crippen LogP contribution in [0.4, 0.5) is 4.39 Å². The molecule has 25 heavy (non-hydrogen) atoms. The van der Waals surface area contributed by atoms with Crippen molar-refractivity contribution in [3.05, 3.63) is 76.0 Å². The van der Waals surface area contributed by atoms with Gasteiger partial charge in [0.1, 0.15) is 10.8 Å². The fourth-order valence-corrected chi connectivity index (χ4v) is 3.07. The van der Waals surface area contributed by atoms with Crippen molar-refractivity contribution in [1.82, 2.24) is 4.98 Å². The second kappa shape index (κ2) is 7.55. The fraction of sp³-hybridized carbons (Fsp3) is 0.0556. The third-order valence-electron chi connectivity index (χ3n) is 3.29. The van der Waals surface area contributed by atoms with Gasteiger partial charge in [0.05, 0.1) is 5.56 Å². The lowest BCUT2D eigenvalue weighted by molar-refractivity contribution is 0.0468. The van der Waals surface area contributed by atoms with Crippen molar-refractivity contribution in [2.45, 2.75) is 0 Å². The molecule has 0 saturated heterocycles. The third-order valence-corrected chi connectivity index (χ3v) is 4.42. The summed E-state index contributed by atoms with van der Waals surface area (Å²) in [5.41, 5.74) is 0.744. The van der Waals surface area contributed by atoms with Crippen LogP contribution >= 0.6 is 22.9 Å². The second-order valence-corrected chi connectivity index (χ2v) is 6.32. The Labute approximate surface area is 151 Å². The minimum atomic E-state index is -0.741. The normalized spacial score (nSPS) is 10.5. The van der Waals surface area contributed by atoms with E-state index >= 15 is 0 Å². The average Bonchev–Trinajstić information content (AvgIpc) is 3.10. The van der Waals surface area contributed by atoms with Crippen LogP contribution in [0.5, 0.6) is 0 Å². The van der Waals surface area contributed by atoms with Crippen LogP contribution < -0.4 is 0 Å². The van der Waals surface area contributed by atoms with Crippen molar-refractivity contribution >= 4 is 34.7 Å². The number of aromatic nitrogens is 1. The molecule has 0 aliphatic rings. The van der Waals surface area contributed by atoms with E-state index in [9.17, 15) is 14.0 Å². The number of hydrogen-bond donors (Lipinski definition) is 0. The van der Waals surface area contributed by atoms with Gasteiger partial charge in [-0.1, -0.05) is 35.9 Å². The topological polar surface area (TPSA) is 56.3 Å². The molecule has 0 unspecified atom stereocenters. The average molecular weight is 376 g/mol. The van der Waals surface area contributed by atoms with Crippen LogP contribution in [0.1, 0.15) is 20.8 Å². The van der Waals surface area contributed by atoms with Crippen LogP contribution in [0.15, 0.2) is 53.9 Å². The lowest BCUT2D eigenvalue weighted by atomic mass is 10.1. The highest BCUT2D eigenvalue weighted by atomic mass is 35.5. The van der Waals surface area contributed by atoms with E-state index in [1.54, 1.807) is 18.2 Å². The number of hydrogen-bond acceptors (Lipinski definition) is 5. The van der Waals surface area contributed by atoms with Gasteiger partial charge in [0.25, 0.3) is 0 Å². The largest absolute Gasteiger partial charge is 0.453 e. The molecule has 0 N–H and O–H groups in total. The smallest absolute Gasteiger partial charge is 0.358 e. The highest BCUT2D eigenvalue weighted by molar-refractivity contribution is 7.13. The summed E-state index contributed by atoms with van der Waals surface area (Å²) < 4.78 is 18.5. The van der Waals surface area contributed by atoms with E-state index < -0.39 is 24.2 Å². The molecule has 7 heteroatoms. The number of ketones is 1. The summed E-state index contributed by atoms with van der Waals surface area (Å²) in [5, 5.41) is 2.70. The monoisotopic (exact) mass is 375 g/mol. The van der Waals surface area contributed by atoms with Gasteiger partial charge in [0, 0.05) is 16.0 Å². The maximum atomic E-state index is 13.5. The summed E-state index contributed by atoms with van der Waals surface area (Å²) in [6.45, 7) is -0.552. The zero-order chi connectivity index (χ0) is 17.8. The maximum Gasteiger partial charge on any atom is 0.358 e. The molecule has 0 atom stereocenters. The highest BCUT2D eigenvalue weighted by Gasteiger charge is 2.17. The molecule has 0 amide bonds. The lowest BCUT2D eigenvalue weighted by Crippen LogP contribution is -2.15. The van der Waals surface area contributed by atoms with E-state index in [2.05, 4.69) is 4.98 Å². The zero-order valence-electron chi connectivity index (χ0n) is 12.7. The number of carbonyl (C=O) groups is 2. The van der Waals surface area contributed by atoms with E-state index in [1.165, 1.54) is 41.0 Å². The third kappa shape index (κ3) is 4.10. The van der Waals surface area contributed by atoms with Crippen molar-refractivity contribution in [2.75, 3.05) is 6.61 Å². The van der Waals surface area contributed by atoms with E-state index in [4.69, 9.17) is 16.3 Å². The lowest BCUT2D eigenvalue weighted by Gasteiger charge is -2.03. The van der Waals surface area contributed by atoms with Crippen LogP contribution in [0.25, 0.3) is 10.6 Å². The van der Waals surface area contributed by atoms with Gasteiger partial charge in [-0.2, -0.15) is 0 Å². The number of ether oxygens (including phenoxy) is 1. The van der Waals surface area contributed by atoms with Crippen LogP contribution in [0, 0.1) is 5.82 Å². The second-order valence-electron chi connectivity index (χ2n) is 5.03. The first-order valence-electron chi connectivity index (χ1n) is 7.21. The van der Waals surface area contributed by atoms with Crippen LogP contribution in [0.3, 0.4) is 0 Å². The molecule has 1 aromatic heterocycles. The molecule has 0 aliphatic heterocycles. The number of rotatable bonds is 5. The molecule has 0 spiro atoms. The van der Waals surface area contributed by atoms with E-state index in [1.807, 2.05) is 6.07 Å². The molecule has 4 nitrogen and oxygen atoms in total. The molecule has 0 saturated carbocycles. The number of benzene rings is 2. The van der Waals surface area contributed by atoms with Gasteiger partial charge in [0.2, 0.25) is 5.78 Å². The van der Waals surface area contributed by atoms with Crippen molar-refractivity contribution in [1.29, 1.82) is 0 Å². The molecular formula is C18H11ClFNO3S. The first-order chi connectivity index (χ1) is 12.0. The molecular weight excluding hydrogens is 365 g/mol. The van der Waals surface area contributed by atoms with Crippen LogP contribution in [0.2, 0.25) is 5.02 Å². The van der Waals surface area contributed by atoms with Gasteiger partial charge in [-0.3, -0.25) is 4.79 Å². The van der Waals surface area contributed by atoms with Gasteiger partial charge in [-0.15, -0.1) is 11.3 Å². The van der Waals surface area contributed by atoms with Gasteiger partial charge in [0.15, 0.2) is 12.3 Å². The Kier molecular flexibility index (Phi) is 5.21. The predicted molar refractivity (Wildman–Crippen MR) is 93.6 cm³/mol. The summed E-state index contributed by atoms with van der Waals surface area (Å²) in [5.74, 6) is -2.01. The highest BCUT2D eigenvalue weighted by Crippen LogP contribution is 2.26. The molecule has 0 bridgehead atoms. The number of Topliss-reactive ketones (excluding diaryl/α,β-unsaturated/α-hetero) is 1. The molecule has 0 aliphatic carbocycles. The molecule has 0 fully saturated rings. The summed E-state index contributed by atoms with van der Waals surface area (Å²) in [4.78, 5) is 28.1. The SMILES string of the molecule is O=C(OCC(=O)c1ccccc1F)c1csc(-c2cccc(Cl)c2)n1. The zero-order valence-corrected chi connectivity index (χ0v) is 14.3. The summed E-state index contributed by atoms with van der Waals surface area (Å²) in [6.07, 6.45) is 0. The Morgan fingerprint density at radius 3 is 2.72 bits per heavy atom. The Morgan fingerprint density at radius 1 is 1.16 bits per heavy atom. The molecule has 2 aromatic carbocycles. The van der Waals surface area contributed by atoms with Crippen molar-refractivity contribution in [3.8, 4) is 10.6 Å². The Balaban J connectivity index is 1.66. The maximum absolute atomic E-state index is 13.5. The molecule has 3 aromatic rings. The van der Waals surface area contributed by atoms with Crippen LogP contribution in [-0.4, -0.2) is 23.3 Å². The van der Waals surface area contributed by atoms with Gasteiger partial charge in [-0.25, -0.2) is 14.2 Å². The minimum Gasteiger partial charge on any atom is -0.453 e. The molecule has 1 heterocycles. The molecule has 126 valence electrons. The summed E-state index contributed by atoms with van der Waals surface area (Å²) in [7, 11) is 0. The van der Waals surface area contributed by atoms with Gasteiger partial charge >= 0.3 is 5.97 Å². The number of carbonyl (C=O) groups excluding carboxylic acids is 2. The van der Waals surface area contributed by atoms with E-state index in [0.717, 1.165) is 5.56 Å². The number of nitrogens with zero attached hydrogens (tertiary/aromatic N) is 1. The Bertz CT molecular complexity index is 941.